The first-order valence-corrected chi connectivity index (χ1v) is 27.0. The minimum absolute atomic E-state index is 0.0326. The summed E-state index contributed by atoms with van der Waals surface area (Å²) in [5.74, 6) is 0.841. The summed E-state index contributed by atoms with van der Waals surface area (Å²) in [5, 5.41) is 13.9. The molecule has 2 aromatic heterocycles. The predicted octanol–water partition coefficient (Wildman–Crippen LogP) is 10.0. The fourth-order valence-corrected chi connectivity index (χ4v) is 13.4. The maximum atomic E-state index is 14.1. The lowest BCUT2D eigenvalue weighted by Gasteiger charge is -2.39. The number of hydrogen-bond donors (Lipinski definition) is 2. The van der Waals surface area contributed by atoms with Crippen molar-refractivity contribution in [2.24, 2.45) is 21.6 Å². The van der Waals surface area contributed by atoms with Crippen molar-refractivity contribution in [1.82, 2.24) is 19.6 Å². The largest absolute Gasteiger partial charge is 0.455 e. The van der Waals surface area contributed by atoms with Gasteiger partial charge in [-0.3, -0.25) is 19.8 Å². The number of carbonyl (C=O) groups is 1. The van der Waals surface area contributed by atoms with Crippen molar-refractivity contribution < 1.29 is 27.1 Å². The van der Waals surface area contributed by atoms with Gasteiger partial charge in [0, 0.05) is 93.9 Å². The summed E-state index contributed by atoms with van der Waals surface area (Å²) < 4.78 is 54.0. The van der Waals surface area contributed by atoms with Crippen LogP contribution in [0.15, 0.2) is 100 Å². The summed E-state index contributed by atoms with van der Waals surface area (Å²) in [6.45, 7) is 10.6. The average Bonchev–Trinajstić information content (AvgIpc) is 3.98. The molecule has 3 aromatic carbocycles. The predicted molar refractivity (Wildman–Crippen MR) is 264 cm³/mol. The zero-order chi connectivity index (χ0) is 47.1. The normalized spacial score (nSPS) is 21.8. The van der Waals surface area contributed by atoms with Crippen molar-refractivity contribution in [3.8, 4) is 11.5 Å². The first kappa shape index (κ1) is 46.8. The smallest absolute Gasteiger partial charge is 0.273 e. The lowest BCUT2D eigenvalue weighted by molar-refractivity contribution is -0.385. The van der Waals surface area contributed by atoms with Crippen LogP contribution in [0, 0.1) is 27.4 Å². The summed E-state index contributed by atoms with van der Waals surface area (Å²) in [7, 11) is -6.78. The zero-order valence-electron chi connectivity index (χ0n) is 38.2. The molecule has 4 aliphatic rings. The maximum absolute atomic E-state index is 14.1. The molecule has 4 heterocycles. The molecule has 354 valence electrons. The van der Waals surface area contributed by atoms with Crippen LogP contribution in [0.3, 0.4) is 0 Å². The Labute approximate surface area is 397 Å². The molecule has 1 atom stereocenters. The Balaban J connectivity index is 0.910. The average molecular weight is 969 g/mol. The van der Waals surface area contributed by atoms with Crippen LogP contribution in [0.5, 0.6) is 11.5 Å². The molecule has 14 nitrogen and oxygen atoms in total. The van der Waals surface area contributed by atoms with Crippen LogP contribution < -0.4 is 14.4 Å². The number of anilines is 1. The second-order valence-electron chi connectivity index (χ2n) is 19.6. The van der Waals surface area contributed by atoms with Gasteiger partial charge in [0.05, 0.1) is 27.6 Å². The Hall–Kier alpha value is -5.29. The maximum Gasteiger partial charge on any atom is 0.273 e. The van der Waals surface area contributed by atoms with E-state index < -0.39 is 35.5 Å². The van der Waals surface area contributed by atoms with E-state index in [1.165, 1.54) is 35.0 Å². The molecular weight excluding hydrogens is 910 g/mol. The number of nitro groups is 1. The number of pyridine rings is 1. The van der Waals surface area contributed by atoms with E-state index in [4.69, 9.17) is 16.3 Å². The Bertz CT molecular complexity index is 2960. The molecule has 1 unspecified atom stereocenters. The molecule has 17 heteroatoms. The van der Waals surface area contributed by atoms with E-state index in [0.29, 0.717) is 34.9 Å². The fraction of sp³-hybridized carbons (Fsp3) is 0.440. The van der Waals surface area contributed by atoms with Crippen molar-refractivity contribution in [3.63, 3.8) is 0 Å². The molecule has 9 rings (SSSR count). The molecular formula is C50H58ClN7O7S2. The highest BCUT2D eigenvalue weighted by atomic mass is 35.5. The van der Waals surface area contributed by atoms with Crippen molar-refractivity contribution >= 4 is 65.2 Å². The summed E-state index contributed by atoms with van der Waals surface area (Å²) >= 11 is 6.25. The third kappa shape index (κ3) is 11.0. The van der Waals surface area contributed by atoms with Gasteiger partial charge in [0.2, 0.25) is 0 Å². The number of fused-ring (bicyclic) bond motifs is 1. The van der Waals surface area contributed by atoms with Gasteiger partial charge in [0.25, 0.3) is 21.6 Å². The number of carbonyl (C=O) groups excluding carboxylic acids is 1. The van der Waals surface area contributed by atoms with Crippen LogP contribution in [0.1, 0.15) is 87.2 Å². The molecule has 1 amide bonds. The molecule has 0 spiro atoms. The number of piperazine rings is 1. The molecule has 1 saturated carbocycles. The van der Waals surface area contributed by atoms with Gasteiger partial charge in [0.15, 0.2) is 0 Å². The minimum atomic E-state index is -4.58. The topological polar surface area (TPSA) is 180 Å². The molecule has 0 radical (unpaired) electrons. The minimum Gasteiger partial charge on any atom is -0.455 e. The number of H-pyrrole nitrogens is 1. The van der Waals surface area contributed by atoms with E-state index in [2.05, 4.69) is 54.8 Å². The highest BCUT2D eigenvalue weighted by Crippen LogP contribution is 2.44. The van der Waals surface area contributed by atoms with Gasteiger partial charge < -0.3 is 14.6 Å². The van der Waals surface area contributed by atoms with E-state index >= 15 is 0 Å². The van der Waals surface area contributed by atoms with Crippen molar-refractivity contribution in [1.29, 1.82) is 0 Å². The number of allylic oxidation sites excluding steroid dienone is 1. The number of ether oxygens (including phenoxy) is 1. The number of nitro benzene ring substituents is 1. The third-order valence-electron chi connectivity index (χ3n) is 14.0. The van der Waals surface area contributed by atoms with Gasteiger partial charge >= 0.3 is 0 Å². The molecule has 2 aliphatic heterocycles. The van der Waals surface area contributed by atoms with Crippen molar-refractivity contribution in [3.05, 3.63) is 123 Å². The summed E-state index contributed by atoms with van der Waals surface area (Å²) in [6.07, 6.45) is 10.3. The molecule has 67 heavy (non-hydrogen) atoms. The number of amides is 1. The number of nitrogens with zero attached hydrogens (tertiary/aromatic N) is 5. The fourth-order valence-electron chi connectivity index (χ4n) is 9.83. The van der Waals surface area contributed by atoms with Crippen LogP contribution in [0.2, 0.25) is 5.02 Å². The highest BCUT2D eigenvalue weighted by molar-refractivity contribution is 7.93. The second-order valence-corrected chi connectivity index (χ2v) is 24.3. The van der Waals surface area contributed by atoms with Gasteiger partial charge in [0.1, 0.15) is 17.1 Å². The number of hydrogen-bond acceptors (Lipinski definition) is 11. The Morgan fingerprint density at radius 2 is 1.78 bits per heavy atom. The number of nitrogens with one attached hydrogen (secondary N) is 2. The zero-order valence-corrected chi connectivity index (χ0v) is 40.6. The van der Waals surface area contributed by atoms with E-state index in [0.717, 1.165) is 99.8 Å². The van der Waals surface area contributed by atoms with Gasteiger partial charge in [-0.1, -0.05) is 56.1 Å². The number of aromatic nitrogens is 2. The quantitative estimate of drug-likeness (QED) is 0.0803. The first-order chi connectivity index (χ1) is 32.0. The second kappa shape index (κ2) is 19.0. The van der Waals surface area contributed by atoms with Crippen molar-refractivity contribution in [2.45, 2.75) is 83.1 Å². The number of benzene rings is 3. The monoisotopic (exact) mass is 967 g/mol. The Kier molecular flexibility index (Phi) is 13.3. The summed E-state index contributed by atoms with van der Waals surface area (Å²) in [6, 6.07) is 20.9. The molecule has 3 fully saturated rings. The van der Waals surface area contributed by atoms with Gasteiger partial charge in [-0.25, -0.2) is 26.7 Å². The standard InChI is InChI=1S/C50H58ClN7O7S2/c1-33(34-16-24-66(62,25-17-34)54-40-9-10-40)26-36-6-12-43(29-46(36)58(60)61)67(63,64)55-49(59)44-13-11-41(28-47(44)65-42-27-37-15-19-52-48(37)53-31-42)57-22-20-56(21-23-57)32-38-14-18-50(2,3)30-45(38)35-4-7-39(51)8-5-35/h4-8,11-13,15,19,27-29,31,33-34,40H,9-10,14,16-18,20-26,30,32H2,1-3H3,(H,52,53)(H,55,59). The van der Waals surface area contributed by atoms with Crippen LogP contribution in [-0.4, -0.2) is 88.6 Å². The number of aromatic amines is 1. The lowest BCUT2D eigenvalue weighted by atomic mass is 9.72. The lowest BCUT2D eigenvalue weighted by Crippen LogP contribution is -2.47. The number of sulfonamides is 1. The Morgan fingerprint density at radius 1 is 1.03 bits per heavy atom. The van der Waals surface area contributed by atoms with E-state index in [9.17, 15) is 27.5 Å². The number of halogens is 1. The highest BCUT2D eigenvalue weighted by Gasteiger charge is 2.33. The molecule has 5 aromatic rings. The van der Waals surface area contributed by atoms with Gasteiger partial charge in [-0.15, -0.1) is 0 Å². The molecule has 2 aliphatic carbocycles. The summed E-state index contributed by atoms with van der Waals surface area (Å²) in [4.78, 5) is 37.6. The van der Waals surface area contributed by atoms with Crippen LogP contribution in [0.25, 0.3) is 16.6 Å². The molecule has 2 saturated heterocycles. The van der Waals surface area contributed by atoms with Gasteiger partial charge in [-0.05, 0) is 122 Å². The molecule has 0 bridgehead atoms. The van der Waals surface area contributed by atoms with Crippen LogP contribution in [0.4, 0.5) is 11.4 Å². The SMILES string of the molecule is CC(Cc1ccc(S(=O)(=O)NC(=O)c2ccc(N3CCN(CC4=C(c5ccc(Cl)cc5)CC(C)(C)CC4)CC3)cc2Oc2cnc3[nH]ccc3c2)cc1[N+](=O)[O-])C1CCS(=O)(=NC2CC2)CC1. The van der Waals surface area contributed by atoms with Crippen LogP contribution >= 0.6 is 11.6 Å². The van der Waals surface area contributed by atoms with E-state index in [1.54, 1.807) is 30.5 Å². The van der Waals surface area contributed by atoms with E-state index in [1.807, 2.05) is 25.1 Å². The Morgan fingerprint density at radius 3 is 2.49 bits per heavy atom. The third-order valence-corrected chi connectivity index (χ3v) is 18.0. The summed E-state index contributed by atoms with van der Waals surface area (Å²) in [5.41, 5.74) is 5.81. The number of rotatable bonds is 14. The van der Waals surface area contributed by atoms with E-state index in [-0.39, 0.29) is 40.3 Å². The molecule has 2 N–H and O–H groups in total. The van der Waals surface area contributed by atoms with Gasteiger partial charge in [-0.2, -0.15) is 0 Å². The first-order valence-electron chi connectivity index (χ1n) is 23.3. The van der Waals surface area contributed by atoms with Crippen LogP contribution in [-0.2, 0) is 26.2 Å². The van der Waals surface area contributed by atoms with Crippen molar-refractivity contribution in [2.75, 3.05) is 49.1 Å².